The number of rotatable bonds is 10. The van der Waals surface area contributed by atoms with Crippen molar-refractivity contribution in [2.45, 2.75) is 65.3 Å². The molecule has 0 radical (unpaired) electrons. The number of alkyl carbamates (subject to hydrolysis) is 1. The molecule has 2 aromatic rings. The van der Waals surface area contributed by atoms with Crippen molar-refractivity contribution < 1.29 is 29.0 Å². The van der Waals surface area contributed by atoms with Crippen LogP contribution < -0.4 is 10.1 Å². The van der Waals surface area contributed by atoms with Crippen LogP contribution in [0.3, 0.4) is 0 Å². The summed E-state index contributed by atoms with van der Waals surface area (Å²) in [7, 11) is 1.44. The van der Waals surface area contributed by atoms with Crippen molar-refractivity contribution in [2.75, 3.05) is 7.05 Å². The number of carboxylic acid groups (broad SMARTS) is 1. The van der Waals surface area contributed by atoms with E-state index in [9.17, 15) is 19.5 Å². The first-order chi connectivity index (χ1) is 16.4. The minimum Gasteiger partial charge on any atom is -0.488 e. The Kier molecular flexibility index (Phi) is 9.68. The number of carboxylic acids is 1. The second kappa shape index (κ2) is 12.2. The summed E-state index contributed by atoms with van der Waals surface area (Å²) >= 11 is 0. The molecule has 0 unspecified atom stereocenters. The van der Waals surface area contributed by atoms with Gasteiger partial charge in [0.1, 0.15) is 30.0 Å². The van der Waals surface area contributed by atoms with Gasteiger partial charge in [-0.1, -0.05) is 56.3 Å². The highest BCUT2D eigenvalue weighted by molar-refractivity contribution is 5.89. The zero-order valence-corrected chi connectivity index (χ0v) is 21.3. The number of nitrogens with one attached hydrogen (secondary N) is 1. The predicted molar refractivity (Wildman–Crippen MR) is 133 cm³/mol. The maximum Gasteiger partial charge on any atom is 0.408 e. The van der Waals surface area contributed by atoms with Crippen LogP contribution >= 0.6 is 0 Å². The van der Waals surface area contributed by atoms with Crippen LogP contribution in [0, 0.1) is 5.92 Å². The molecule has 0 aliphatic heterocycles. The summed E-state index contributed by atoms with van der Waals surface area (Å²) in [4.78, 5) is 38.8. The molecular weight excluding hydrogens is 448 g/mol. The van der Waals surface area contributed by atoms with Crippen LogP contribution in [0.25, 0.3) is 0 Å². The molecule has 2 atom stereocenters. The number of likely N-dealkylation sites (N-methyl/N-ethyl adjacent to an activating group) is 1. The molecule has 2 aromatic carbocycles. The molecule has 8 nitrogen and oxygen atoms in total. The van der Waals surface area contributed by atoms with E-state index in [1.807, 2.05) is 51.1 Å². The lowest BCUT2D eigenvalue weighted by atomic mass is 10.00. The van der Waals surface area contributed by atoms with Crippen molar-refractivity contribution in [2.24, 2.45) is 5.92 Å². The standard InChI is InChI=1S/C27H36N2O6/c1-18(2)23(28-26(33)34-17-20-10-8-7-9-11-20)24(30)29(6)22(25(31)32)16-19-12-14-21(15-13-19)35-27(3,4)5/h7-15,18,22-23H,16-17H2,1-6H3,(H,28,33)(H,31,32)/t22-,23+/m0/s1. The maximum atomic E-state index is 13.2. The van der Waals surface area contributed by atoms with E-state index in [1.165, 1.54) is 11.9 Å². The lowest BCUT2D eigenvalue weighted by molar-refractivity contribution is -0.150. The van der Waals surface area contributed by atoms with Gasteiger partial charge in [0.05, 0.1) is 0 Å². The van der Waals surface area contributed by atoms with E-state index in [4.69, 9.17) is 9.47 Å². The molecule has 2 N–H and O–H groups in total. The first-order valence-corrected chi connectivity index (χ1v) is 11.6. The van der Waals surface area contributed by atoms with E-state index in [0.717, 1.165) is 11.1 Å². The molecule has 0 heterocycles. The molecule has 2 rings (SSSR count). The summed E-state index contributed by atoms with van der Waals surface area (Å²) in [6, 6.07) is 14.3. The summed E-state index contributed by atoms with van der Waals surface area (Å²) in [5, 5.41) is 12.4. The molecule has 0 fully saturated rings. The Morgan fingerprint density at radius 2 is 1.57 bits per heavy atom. The summed E-state index contributed by atoms with van der Waals surface area (Å²) in [6.45, 7) is 9.44. The summed E-state index contributed by atoms with van der Waals surface area (Å²) in [5.74, 6) is -1.24. The van der Waals surface area contributed by atoms with Crippen LogP contribution in [0.4, 0.5) is 4.79 Å². The number of nitrogens with zero attached hydrogens (tertiary/aromatic N) is 1. The van der Waals surface area contributed by atoms with E-state index < -0.39 is 30.1 Å². The van der Waals surface area contributed by atoms with Crippen LogP contribution in [0.2, 0.25) is 0 Å². The highest BCUT2D eigenvalue weighted by Gasteiger charge is 2.34. The van der Waals surface area contributed by atoms with Gasteiger partial charge >= 0.3 is 12.1 Å². The third-order valence-electron chi connectivity index (χ3n) is 5.30. The predicted octanol–water partition coefficient (Wildman–Crippen LogP) is 4.27. The average molecular weight is 485 g/mol. The molecule has 0 aromatic heterocycles. The van der Waals surface area contributed by atoms with Crippen LogP contribution in [0.15, 0.2) is 54.6 Å². The molecule has 0 bridgehead atoms. The van der Waals surface area contributed by atoms with Crippen LogP contribution in [0.5, 0.6) is 5.75 Å². The van der Waals surface area contributed by atoms with Crippen LogP contribution in [0.1, 0.15) is 45.7 Å². The summed E-state index contributed by atoms with van der Waals surface area (Å²) in [5.41, 5.74) is 1.21. The molecule has 0 aliphatic carbocycles. The fourth-order valence-corrected chi connectivity index (χ4v) is 3.44. The number of amides is 2. The number of hydrogen-bond acceptors (Lipinski definition) is 5. The summed E-state index contributed by atoms with van der Waals surface area (Å²) < 4.78 is 11.0. The zero-order chi connectivity index (χ0) is 26.2. The van der Waals surface area contributed by atoms with E-state index in [1.54, 1.807) is 38.1 Å². The fraction of sp³-hybridized carbons (Fsp3) is 0.444. The number of ether oxygens (including phenoxy) is 2. The third kappa shape index (κ3) is 8.96. The Labute approximate surface area is 207 Å². The smallest absolute Gasteiger partial charge is 0.408 e. The molecule has 0 saturated heterocycles. The lowest BCUT2D eigenvalue weighted by Crippen LogP contribution is -2.54. The van der Waals surface area contributed by atoms with Crippen molar-refractivity contribution in [1.29, 1.82) is 0 Å². The number of aliphatic carboxylic acids is 1. The Morgan fingerprint density at radius 1 is 0.971 bits per heavy atom. The second-order valence-corrected chi connectivity index (χ2v) is 9.79. The van der Waals surface area contributed by atoms with Gasteiger partial charge < -0.3 is 24.8 Å². The molecule has 8 heteroatoms. The molecule has 0 spiro atoms. The summed E-state index contributed by atoms with van der Waals surface area (Å²) in [6.07, 6.45) is -0.632. The van der Waals surface area contributed by atoms with Gasteiger partial charge in [0.15, 0.2) is 0 Å². The third-order valence-corrected chi connectivity index (χ3v) is 5.30. The molecular formula is C27H36N2O6. The highest BCUT2D eigenvalue weighted by Crippen LogP contribution is 2.20. The molecule has 2 amide bonds. The van der Waals surface area contributed by atoms with Gasteiger partial charge in [-0.05, 0) is 49.9 Å². The van der Waals surface area contributed by atoms with Crippen molar-refractivity contribution in [1.82, 2.24) is 10.2 Å². The van der Waals surface area contributed by atoms with Gasteiger partial charge in [-0.3, -0.25) is 4.79 Å². The lowest BCUT2D eigenvalue weighted by Gasteiger charge is -2.31. The number of carbonyl (C=O) groups excluding carboxylic acids is 2. The van der Waals surface area contributed by atoms with Gasteiger partial charge in [-0.2, -0.15) is 0 Å². The molecule has 0 saturated carbocycles. The molecule has 190 valence electrons. The molecule has 0 aliphatic rings. The zero-order valence-electron chi connectivity index (χ0n) is 21.3. The van der Waals surface area contributed by atoms with Crippen LogP contribution in [-0.4, -0.2) is 52.7 Å². The van der Waals surface area contributed by atoms with Crippen LogP contribution in [-0.2, 0) is 27.4 Å². The number of benzene rings is 2. The second-order valence-electron chi connectivity index (χ2n) is 9.79. The number of carbonyl (C=O) groups is 3. The van der Waals surface area contributed by atoms with Crippen molar-refractivity contribution in [3.8, 4) is 5.75 Å². The van der Waals surface area contributed by atoms with Crippen molar-refractivity contribution in [3.05, 3.63) is 65.7 Å². The van der Waals surface area contributed by atoms with Gasteiger partial charge in [-0.15, -0.1) is 0 Å². The molecule has 35 heavy (non-hydrogen) atoms. The first kappa shape index (κ1) is 27.7. The minimum atomic E-state index is -1.13. The van der Waals surface area contributed by atoms with Gasteiger partial charge in [0.2, 0.25) is 5.91 Å². The van der Waals surface area contributed by atoms with Gasteiger partial charge in [-0.25, -0.2) is 9.59 Å². The van der Waals surface area contributed by atoms with E-state index in [0.29, 0.717) is 5.75 Å². The van der Waals surface area contributed by atoms with Crippen molar-refractivity contribution >= 4 is 18.0 Å². The van der Waals surface area contributed by atoms with Gasteiger partial charge in [0.25, 0.3) is 0 Å². The quantitative estimate of drug-likeness (QED) is 0.522. The SMILES string of the molecule is CC(C)[C@@H](NC(=O)OCc1ccccc1)C(=O)N(C)[C@@H](Cc1ccc(OC(C)(C)C)cc1)C(=O)O. The highest BCUT2D eigenvalue weighted by atomic mass is 16.5. The maximum absolute atomic E-state index is 13.2. The monoisotopic (exact) mass is 484 g/mol. The minimum absolute atomic E-state index is 0.0637. The fourth-order valence-electron chi connectivity index (χ4n) is 3.44. The van der Waals surface area contributed by atoms with E-state index >= 15 is 0 Å². The first-order valence-electron chi connectivity index (χ1n) is 11.6. The van der Waals surface area contributed by atoms with Crippen molar-refractivity contribution in [3.63, 3.8) is 0 Å². The van der Waals surface area contributed by atoms with Gasteiger partial charge in [0, 0.05) is 13.5 Å². The Hall–Kier alpha value is -3.55. The largest absolute Gasteiger partial charge is 0.488 e. The topological polar surface area (TPSA) is 105 Å². The Morgan fingerprint density at radius 3 is 2.09 bits per heavy atom. The van der Waals surface area contributed by atoms with E-state index in [-0.39, 0.29) is 24.5 Å². The Bertz CT molecular complexity index is 983. The Balaban J connectivity index is 2.06. The normalized spacial score (nSPS) is 13.0. The number of hydrogen-bond donors (Lipinski definition) is 2. The average Bonchev–Trinajstić information content (AvgIpc) is 2.79. The van der Waals surface area contributed by atoms with E-state index in [2.05, 4.69) is 5.32 Å².